The molecule has 0 radical (unpaired) electrons. The number of ether oxygens (including phenoxy) is 3. The Morgan fingerprint density at radius 3 is 1.67 bits per heavy atom. The number of esters is 3. The van der Waals surface area contributed by atoms with E-state index in [0.29, 0.717) is 11.1 Å². The molecule has 0 N–H and O–H groups in total. The molecular weight excluding hydrogens is 384 g/mol. The fourth-order valence-electron chi connectivity index (χ4n) is 3.37. The van der Waals surface area contributed by atoms with Crippen LogP contribution in [0.4, 0.5) is 0 Å². The van der Waals surface area contributed by atoms with Gasteiger partial charge in [0.2, 0.25) is 0 Å². The molecule has 0 unspecified atom stereocenters. The minimum atomic E-state index is -0.861. The van der Waals surface area contributed by atoms with Crippen LogP contribution in [0.15, 0.2) is 60.7 Å². The highest BCUT2D eigenvalue weighted by molar-refractivity contribution is 5.89. The molecule has 2 aromatic rings. The Balaban J connectivity index is 1.59. The summed E-state index contributed by atoms with van der Waals surface area (Å²) < 4.78 is 16.2. The van der Waals surface area contributed by atoms with Gasteiger partial charge < -0.3 is 14.2 Å². The highest BCUT2D eigenvalue weighted by Gasteiger charge is 2.27. The zero-order chi connectivity index (χ0) is 21.2. The monoisotopic (exact) mass is 410 g/mol. The summed E-state index contributed by atoms with van der Waals surface area (Å²) in [7, 11) is 0. The summed E-state index contributed by atoms with van der Waals surface area (Å²) in [6.45, 7) is -0.373. The second kappa shape index (κ2) is 11.1. The third kappa shape index (κ3) is 6.44. The summed E-state index contributed by atoms with van der Waals surface area (Å²) in [5.41, 5.74) is 0.798. The molecule has 158 valence electrons. The van der Waals surface area contributed by atoms with Gasteiger partial charge in [0.25, 0.3) is 0 Å². The topological polar surface area (TPSA) is 78.9 Å². The lowest BCUT2D eigenvalue weighted by molar-refractivity contribution is -0.159. The number of carbonyl (C=O) groups excluding carboxylic acids is 3. The highest BCUT2D eigenvalue weighted by atomic mass is 16.6. The molecule has 0 spiro atoms. The number of benzene rings is 2. The first-order chi connectivity index (χ1) is 14.6. The van der Waals surface area contributed by atoms with E-state index in [-0.39, 0.29) is 25.1 Å². The van der Waals surface area contributed by atoms with Crippen LogP contribution in [0.1, 0.15) is 52.8 Å². The predicted octanol–water partition coefficient (Wildman–Crippen LogP) is 4.19. The van der Waals surface area contributed by atoms with Crippen LogP contribution >= 0.6 is 0 Å². The van der Waals surface area contributed by atoms with Crippen molar-refractivity contribution in [1.29, 1.82) is 0 Å². The molecule has 0 amide bonds. The summed E-state index contributed by atoms with van der Waals surface area (Å²) in [4.78, 5) is 37.0. The van der Waals surface area contributed by atoms with Gasteiger partial charge in [0, 0.05) is 0 Å². The third-order valence-electron chi connectivity index (χ3n) is 5.04. The van der Waals surface area contributed by atoms with Crippen molar-refractivity contribution in [3.8, 4) is 0 Å². The van der Waals surface area contributed by atoms with Gasteiger partial charge in [-0.05, 0) is 37.1 Å². The molecule has 0 saturated heterocycles. The third-order valence-corrected chi connectivity index (χ3v) is 5.04. The second-order valence-corrected chi connectivity index (χ2v) is 7.32. The molecule has 0 heterocycles. The van der Waals surface area contributed by atoms with Gasteiger partial charge in [-0.1, -0.05) is 55.7 Å². The molecule has 6 nitrogen and oxygen atoms in total. The van der Waals surface area contributed by atoms with Gasteiger partial charge in [0.1, 0.15) is 13.2 Å². The minimum Gasteiger partial charge on any atom is -0.458 e. The van der Waals surface area contributed by atoms with E-state index in [2.05, 4.69) is 0 Å². The summed E-state index contributed by atoms with van der Waals surface area (Å²) in [6, 6.07) is 17.1. The van der Waals surface area contributed by atoms with E-state index in [1.165, 1.54) is 0 Å². The minimum absolute atomic E-state index is 0.157. The van der Waals surface area contributed by atoms with E-state index < -0.39 is 18.0 Å². The zero-order valence-electron chi connectivity index (χ0n) is 16.8. The Morgan fingerprint density at radius 1 is 0.733 bits per heavy atom. The molecule has 1 aliphatic carbocycles. The standard InChI is InChI=1S/C24H26O6/c25-22(18-10-4-1-5-11-18)28-16-21(30-24(27)20-14-8-3-9-15-20)17-29-23(26)19-12-6-2-7-13-19/h1-2,4-7,10-13,20-21H,3,8-9,14-17H2. The maximum atomic E-state index is 12.5. The van der Waals surface area contributed by atoms with Crippen molar-refractivity contribution in [1.82, 2.24) is 0 Å². The van der Waals surface area contributed by atoms with Crippen molar-refractivity contribution in [3.05, 3.63) is 71.8 Å². The van der Waals surface area contributed by atoms with Crippen molar-refractivity contribution >= 4 is 17.9 Å². The fraction of sp³-hybridized carbons (Fsp3) is 0.375. The number of carbonyl (C=O) groups is 3. The maximum Gasteiger partial charge on any atom is 0.338 e. The Hall–Kier alpha value is -3.15. The van der Waals surface area contributed by atoms with Crippen LogP contribution in [0, 0.1) is 5.92 Å². The van der Waals surface area contributed by atoms with Gasteiger partial charge in [-0.3, -0.25) is 4.79 Å². The van der Waals surface area contributed by atoms with E-state index in [1.54, 1.807) is 60.7 Å². The van der Waals surface area contributed by atoms with Crippen LogP contribution in [0.2, 0.25) is 0 Å². The lowest BCUT2D eigenvalue weighted by Gasteiger charge is -2.24. The molecular formula is C24H26O6. The Labute approximate surface area is 176 Å². The molecule has 1 fully saturated rings. The summed E-state index contributed by atoms with van der Waals surface area (Å²) in [5.74, 6) is -1.53. The van der Waals surface area contributed by atoms with Crippen molar-refractivity contribution in [2.24, 2.45) is 5.92 Å². The van der Waals surface area contributed by atoms with Gasteiger partial charge in [-0.15, -0.1) is 0 Å². The van der Waals surface area contributed by atoms with Crippen LogP contribution in [-0.2, 0) is 19.0 Å². The first-order valence-electron chi connectivity index (χ1n) is 10.3. The molecule has 1 aliphatic rings. The fourth-order valence-corrected chi connectivity index (χ4v) is 3.37. The first kappa shape index (κ1) is 21.6. The van der Waals surface area contributed by atoms with Crippen LogP contribution in [0.5, 0.6) is 0 Å². The Morgan fingerprint density at radius 2 is 1.20 bits per heavy atom. The van der Waals surface area contributed by atoms with Crippen LogP contribution in [0.3, 0.4) is 0 Å². The smallest absolute Gasteiger partial charge is 0.338 e. The molecule has 0 aliphatic heterocycles. The molecule has 6 heteroatoms. The summed E-state index contributed by atoms with van der Waals surface area (Å²) in [5, 5.41) is 0. The molecule has 0 bridgehead atoms. The molecule has 3 rings (SSSR count). The lowest BCUT2D eigenvalue weighted by atomic mass is 9.89. The molecule has 0 atom stereocenters. The van der Waals surface area contributed by atoms with Crippen molar-refractivity contribution in [2.45, 2.75) is 38.2 Å². The van der Waals surface area contributed by atoms with E-state index >= 15 is 0 Å². The Kier molecular flexibility index (Phi) is 8.01. The highest BCUT2D eigenvalue weighted by Crippen LogP contribution is 2.25. The number of hydrogen-bond donors (Lipinski definition) is 0. The molecule has 0 aromatic heterocycles. The van der Waals surface area contributed by atoms with E-state index in [9.17, 15) is 14.4 Å². The van der Waals surface area contributed by atoms with E-state index in [0.717, 1.165) is 32.1 Å². The molecule has 2 aromatic carbocycles. The molecule has 1 saturated carbocycles. The van der Waals surface area contributed by atoms with Crippen molar-refractivity contribution < 1.29 is 28.6 Å². The SMILES string of the molecule is O=C(OCC(COC(=O)c1ccccc1)OC(=O)C1CCCCC1)c1ccccc1. The van der Waals surface area contributed by atoms with Gasteiger partial charge in [0.15, 0.2) is 6.10 Å². The average molecular weight is 410 g/mol. The second-order valence-electron chi connectivity index (χ2n) is 7.32. The van der Waals surface area contributed by atoms with Gasteiger partial charge in [0.05, 0.1) is 17.0 Å². The largest absolute Gasteiger partial charge is 0.458 e. The Bertz CT molecular complexity index is 772. The number of rotatable bonds is 8. The van der Waals surface area contributed by atoms with Gasteiger partial charge in [-0.25, -0.2) is 9.59 Å². The van der Waals surface area contributed by atoms with Crippen molar-refractivity contribution in [2.75, 3.05) is 13.2 Å². The average Bonchev–Trinajstić information content (AvgIpc) is 2.82. The molecule has 30 heavy (non-hydrogen) atoms. The van der Waals surface area contributed by atoms with Gasteiger partial charge >= 0.3 is 17.9 Å². The first-order valence-corrected chi connectivity index (χ1v) is 10.3. The number of hydrogen-bond acceptors (Lipinski definition) is 6. The quantitative estimate of drug-likeness (QED) is 0.480. The predicted molar refractivity (Wildman–Crippen MR) is 110 cm³/mol. The normalized spacial score (nSPS) is 14.2. The van der Waals surface area contributed by atoms with Crippen LogP contribution < -0.4 is 0 Å². The zero-order valence-corrected chi connectivity index (χ0v) is 16.8. The van der Waals surface area contributed by atoms with Crippen LogP contribution in [0.25, 0.3) is 0 Å². The van der Waals surface area contributed by atoms with Gasteiger partial charge in [-0.2, -0.15) is 0 Å². The summed E-state index contributed by atoms with van der Waals surface area (Å²) >= 11 is 0. The van der Waals surface area contributed by atoms with Crippen LogP contribution in [-0.4, -0.2) is 37.2 Å². The summed E-state index contributed by atoms with van der Waals surface area (Å²) in [6.07, 6.45) is 3.83. The van der Waals surface area contributed by atoms with Crippen molar-refractivity contribution in [3.63, 3.8) is 0 Å². The maximum absolute atomic E-state index is 12.5. The van der Waals surface area contributed by atoms with E-state index in [1.807, 2.05) is 0 Å². The van der Waals surface area contributed by atoms with E-state index in [4.69, 9.17) is 14.2 Å². The lowest BCUT2D eigenvalue weighted by Crippen LogP contribution is -2.33.